The van der Waals surface area contributed by atoms with Gasteiger partial charge in [-0.25, -0.2) is 4.79 Å². The Morgan fingerprint density at radius 2 is 1.83 bits per heavy atom. The van der Waals surface area contributed by atoms with Crippen LogP contribution in [0.1, 0.15) is 26.3 Å². The molecule has 3 aromatic rings. The molecule has 1 aromatic heterocycles. The van der Waals surface area contributed by atoms with Gasteiger partial charge < -0.3 is 9.47 Å². The van der Waals surface area contributed by atoms with Crippen molar-refractivity contribution in [3.8, 4) is 5.75 Å². The molecule has 29 heavy (non-hydrogen) atoms. The van der Waals surface area contributed by atoms with Gasteiger partial charge in [-0.1, -0.05) is 35.2 Å². The highest BCUT2D eigenvalue weighted by Crippen LogP contribution is 2.29. The van der Waals surface area contributed by atoms with Crippen LogP contribution in [0.5, 0.6) is 5.75 Å². The van der Waals surface area contributed by atoms with Crippen LogP contribution in [-0.4, -0.2) is 36.3 Å². The number of hydrogen-bond donors (Lipinski definition) is 1. The van der Waals surface area contributed by atoms with Gasteiger partial charge in [0.15, 0.2) is 4.34 Å². The third-order valence-corrected chi connectivity index (χ3v) is 6.44. The number of aromatic nitrogens is 2. The Hall–Kier alpha value is -2.43. The summed E-state index contributed by atoms with van der Waals surface area (Å²) in [5.41, 5.74) is 2.02. The van der Waals surface area contributed by atoms with E-state index in [4.69, 9.17) is 4.74 Å². The molecule has 1 heterocycles. The second-order valence-corrected chi connectivity index (χ2v) is 8.71. The van der Waals surface area contributed by atoms with Crippen LogP contribution >= 0.6 is 39.0 Å². The standard InChI is InChI=1S/C19H16BrN3O4S2/c1-26-15-8-7-13(9-14(15)20)16(24)21-18-22-23-19(29-18)28-10-11-3-5-12(6-4-11)17(25)27-2/h3-9H,10H2,1-2H3,(H,21,22,24). The van der Waals surface area contributed by atoms with Crippen LogP contribution in [-0.2, 0) is 10.5 Å². The smallest absolute Gasteiger partial charge is 0.337 e. The normalized spacial score (nSPS) is 10.4. The first-order valence-electron chi connectivity index (χ1n) is 8.28. The number of nitrogens with zero attached hydrogens (tertiary/aromatic N) is 2. The zero-order valence-electron chi connectivity index (χ0n) is 15.5. The first kappa shape index (κ1) is 21.3. The number of rotatable bonds is 7. The number of esters is 1. The molecule has 0 aliphatic heterocycles. The third kappa shape index (κ3) is 5.55. The molecule has 0 fully saturated rings. The van der Waals surface area contributed by atoms with Crippen LogP contribution in [0.4, 0.5) is 5.13 Å². The number of halogens is 1. The summed E-state index contributed by atoms with van der Waals surface area (Å²) in [5.74, 6) is 0.669. The fourth-order valence-electron chi connectivity index (χ4n) is 2.30. The second kappa shape index (κ2) is 9.86. The summed E-state index contributed by atoms with van der Waals surface area (Å²) >= 11 is 6.16. The van der Waals surface area contributed by atoms with Gasteiger partial charge in [0.2, 0.25) is 5.13 Å². The van der Waals surface area contributed by atoms with Crippen molar-refractivity contribution in [3.63, 3.8) is 0 Å². The maximum absolute atomic E-state index is 12.4. The average molecular weight is 494 g/mol. The lowest BCUT2D eigenvalue weighted by Gasteiger charge is -2.05. The molecule has 2 aromatic carbocycles. The van der Waals surface area contributed by atoms with E-state index in [1.54, 1.807) is 37.4 Å². The van der Waals surface area contributed by atoms with Crippen molar-refractivity contribution in [2.75, 3.05) is 19.5 Å². The Balaban J connectivity index is 1.57. The number of carbonyl (C=O) groups excluding carboxylic acids is 2. The molecular weight excluding hydrogens is 478 g/mol. The molecule has 0 aliphatic carbocycles. The van der Waals surface area contributed by atoms with Gasteiger partial charge >= 0.3 is 5.97 Å². The monoisotopic (exact) mass is 493 g/mol. The van der Waals surface area contributed by atoms with Gasteiger partial charge in [0.1, 0.15) is 5.75 Å². The number of anilines is 1. The van der Waals surface area contributed by atoms with Gasteiger partial charge in [-0.15, -0.1) is 10.2 Å². The fourth-order valence-corrected chi connectivity index (χ4v) is 4.54. The van der Waals surface area contributed by atoms with Gasteiger partial charge in [0.25, 0.3) is 5.91 Å². The van der Waals surface area contributed by atoms with E-state index in [1.165, 1.54) is 30.2 Å². The van der Waals surface area contributed by atoms with Crippen molar-refractivity contribution < 1.29 is 19.1 Å². The van der Waals surface area contributed by atoms with Gasteiger partial charge in [-0.2, -0.15) is 0 Å². The zero-order chi connectivity index (χ0) is 20.8. The van der Waals surface area contributed by atoms with E-state index >= 15 is 0 Å². The van der Waals surface area contributed by atoms with Crippen molar-refractivity contribution in [2.45, 2.75) is 10.1 Å². The predicted molar refractivity (Wildman–Crippen MR) is 116 cm³/mol. The Morgan fingerprint density at radius 1 is 1.10 bits per heavy atom. The van der Waals surface area contributed by atoms with Crippen molar-refractivity contribution in [1.29, 1.82) is 0 Å². The molecule has 0 bridgehead atoms. The Morgan fingerprint density at radius 3 is 2.48 bits per heavy atom. The quantitative estimate of drug-likeness (QED) is 0.291. The third-order valence-electron chi connectivity index (χ3n) is 3.78. The van der Waals surface area contributed by atoms with Gasteiger partial charge in [0.05, 0.1) is 24.3 Å². The molecule has 1 N–H and O–H groups in total. The number of nitrogens with one attached hydrogen (secondary N) is 1. The lowest BCUT2D eigenvalue weighted by molar-refractivity contribution is 0.0600. The summed E-state index contributed by atoms with van der Waals surface area (Å²) in [6.45, 7) is 0. The van der Waals surface area contributed by atoms with Gasteiger partial charge in [0, 0.05) is 11.3 Å². The van der Waals surface area contributed by atoms with E-state index in [1.807, 2.05) is 12.1 Å². The highest BCUT2D eigenvalue weighted by molar-refractivity contribution is 9.10. The summed E-state index contributed by atoms with van der Waals surface area (Å²) in [6, 6.07) is 12.2. The minimum absolute atomic E-state index is 0.278. The highest BCUT2D eigenvalue weighted by Gasteiger charge is 2.13. The Kier molecular flexibility index (Phi) is 7.24. The molecule has 150 valence electrons. The SMILES string of the molecule is COC(=O)c1ccc(CSc2nnc(NC(=O)c3ccc(OC)c(Br)c3)s2)cc1. The first-order valence-corrected chi connectivity index (χ1v) is 10.9. The van der Waals surface area contributed by atoms with E-state index in [2.05, 4.69) is 36.2 Å². The van der Waals surface area contributed by atoms with Crippen molar-refractivity contribution >= 4 is 56.0 Å². The van der Waals surface area contributed by atoms with Crippen LogP contribution in [0.25, 0.3) is 0 Å². The Bertz CT molecular complexity index is 1020. The van der Waals surface area contributed by atoms with E-state index in [0.717, 1.165) is 9.90 Å². The number of benzene rings is 2. The maximum Gasteiger partial charge on any atom is 0.337 e. The molecule has 0 spiro atoms. The number of thioether (sulfide) groups is 1. The molecule has 0 unspecified atom stereocenters. The first-order chi connectivity index (χ1) is 14.0. The molecule has 3 rings (SSSR count). The minimum atomic E-state index is -0.363. The minimum Gasteiger partial charge on any atom is -0.496 e. The number of hydrogen-bond acceptors (Lipinski definition) is 8. The van der Waals surface area contributed by atoms with Crippen LogP contribution < -0.4 is 10.1 Å². The lowest BCUT2D eigenvalue weighted by atomic mass is 10.1. The molecule has 7 nitrogen and oxygen atoms in total. The predicted octanol–water partition coefficient (Wildman–Crippen LogP) is 4.64. The summed E-state index contributed by atoms with van der Waals surface area (Å²) in [7, 11) is 2.92. The topological polar surface area (TPSA) is 90.4 Å². The van der Waals surface area contributed by atoms with Gasteiger partial charge in [-0.3, -0.25) is 10.1 Å². The van der Waals surface area contributed by atoms with E-state index in [-0.39, 0.29) is 11.9 Å². The van der Waals surface area contributed by atoms with Crippen molar-refractivity contribution in [3.05, 3.63) is 63.6 Å². The molecule has 0 aliphatic rings. The highest BCUT2D eigenvalue weighted by atomic mass is 79.9. The molecular formula is C19H16BrN3O4S2. The second-order valence-electron chi connectivity index (χ2n) is 5.65. The van der Waals surface area contributed by atoms with Crippen LogP contribution in [0.2, 0.25) is 0 Å². The van der Waals surface area contributed by atoms with Gasteiger partial charge in [-0.05, 0) is 51.8 Å². The average Bonchev–Trinajstić information content (AvgIpc) is 3.19. The molecule has 0 saturated heterocycles. The lowest BCUT2D eigenvalue weighted by Crippen LogP contribution is -2.11. The van der Waals surface area contributed by atoms with E-state index < -0.39 is 0 Å². The number of amides is 1. The molecule has 0 radical (unpaired) electrons. The molecule has 0 atom stereocenters. The van der Waals surface area contributed by atoms with Crippen molar-refractivity contribution in [2.24, 2.45) is 0 Å². The fraction of sp³-hybridized carbons (Fsp3) is 0.158. The van der Waals surface area contributed by atoms with E-state index in [9.17, 15) is 9.59 Å². The van der Waals surface area contributed by atoms with Crippen LogP contribution in [0.15, 0.2) is 51.3 Å². The van der Waals surface area contributed by atoms with Crippen molar-refractivity contribution in [1.82, 2.24) is 10.2 Å². The van der Waals surface area contributed by atoms with E-state index in [0.29, 0.717) is 32.2 Å². The van der Waals surface area contributed by atoms with Crippen LogP contribution in [0, 0.1) is 0 Å². The molecule has 1 amide bonds. The number of ether oxygens (including phenoxy) is 2. The summed E-state index contributed by atoms with van der Waals surface area (Å²) in [5, 5.41) is 11.3. The number of methoxy groups -OCH3 is 2. The molecule has 0 saturated carbocycles. The Labute approximate surface area is 184 Å². The maximum atomic E-state index is 12.4. The zero-order valence-corrected chi connectivity index (χ0v) is 18.7. The number of carbonyl (C=O) groups is 2. The molecule has 10 heteroatoms. The summed E-state index contributed by atoms with van der Waals surface area (Å²) in [6.07, 6.45) is 0. The summed E-state index contributed by atoms with van der Waals surface area (Å²) in [4.78, 5) is 23.8. The largest absolute Gasteiger partial charge is 0.496 e. The summed E-state index contributed by atoms with van der Waals surface area (Å²) < 4.78 is 11.3. The van der Waals surface area contributed by atoms with Crippen LogP contribution in [0.3, 0.4) is 0 Å².